The molecule has 2 aromatic carbocycles. The van der Waals surface area contributed by atoms with Crippen molar-refractivity contribution in [3.63, 3.8) is 0 Å². The molecule has 0 spiro atoms. The lowest BCUT2D eigenvalue weighted by Crippen LogP contribution is -2.14. The van der Waals surface area contributed by atoms with E-state index in [2.05, 4.69) is 15.5 Å². The maximum Gasteiger partial charge on any atom is 0.230 e. The van der Waals surface area contributed by atoms with E-state index in [4.69, 9.17) is 16.3 Å². The van der Waals surface area contributed by atoms with Crippen molar-refractivity contribution in [3.05, 3.63) is 59.1 Å². The van der Waals surface area contributed by atoms with E-state index in [1.807, 2.05) is 30.3 Å². The molecule has 0 bridgehead atoms. The highest BCUT2D eigenvalue weighted by Gasteiger charge is 2.13. The van der Waals surface area contributed by atoms with Gasteiger partial charge in [0.05, 0.1) is 13.5 Å². The standard InChI is InChI=1S/C17H14ClN3O2S/c1-23-14-8-7-13(18)9-12(14)10-15(22)19-17-21-20-16(24-17)11-5-3-2-4-6-11/h2-9H,10H2,1H3,(H,19,21,22). The zero-order valence-corrected chi connectivity index (χ0v) is 14.4. The summed E-state index contributed by atoms with van der Waals surface area (Å²) in [5.41, 5.74) is 1.68. The molecule has 7 heteroatoms. The number of benzene rings is 2. The zero-order chi connectivity index (χ0) is 16.9. The number of carbonyl (C=O) groups excluding carboxylic acids is 1. The van der Waals surface area contributed by atoms with Crippen LogP contribution in [0.15, 0.2) is 48.5 Å². The van der Waals surface area contributed by atoms with Crippen LogP contribution in [0.1, 0.15) is 5.56 Å². The molecule has 24 heavy (non-hydrogen) atoms. The number of hydrogen-bond acceptors (Lipinski definition) is 5. The van der Waals surface area contributed by atoms with Crippen molar-refractivity contribution in [1.82, 2.24) is 10.2 Å². The fourth-order valence-electron chi connectivity index (χ4n) is 2.19. The fourth-order valence-corrected chi connectivity index (χ4v) is 3.15. The normalized spacial score (nSPS) is 10.4. The lowest BCUT2D eigenvalue weighted by molar-refractivity contribution is -0.115. The number of methoxy groups -OCH3 is 1. The molecule has 1 N–H and O–H groups in total. The van der Waals surface area contributed by atoms with E-state index >= 15 is 0 Å². The van der Waals surface area contributed by atoms with E-state index in [0.29, 0.717) is 15.9 Å². The van der Waals surface area contributed by atoms with E-state index < -0.39 is 0 Å². The van der Waals surface area contributed by atoms with Gasteiger partial charge in [0, 0.05) is 16.1 Å². The molecule has 0 saturated carbocycles. The van der Waals surface area contributed by atoms with Crippen molar-refractivity contribution < 1.29 is 9.53 Å². The van der Waals surface area contributed by atoms with E-state index in [9.17, 15) is 4.79 Å². The zero-order valence-electron chi connectivity index (χ0n) is 12.8. The van der Waals surface area contributed by atoms with Gasteiger partial charge in [-0.05, 0) is 18.2 Å². The molecular formula is C17H14ClN3O2S. The predicted molar refractivity (Wildman–Crippen MR) is 95.7 cm³/mol. The molecule has 0 aliphatic carbocycles. The molecule has 1 heterocycles. The highest BCUT2D eigenvalue weighted by molar-refractivity contribution is 7.18. The Bertz CT molecular complexity index is 852. The van der Waals surface area contributed by atoms with Crippen LogP contribution in [-0.2, 0) is 11.2 Å². The van der Waals surface area contributed by atoms with Gasteiger partial charge in [-0.1, -0.05) is 53.3 Å². The average Bonchev–Trinajstić information content (AvgIpc) is 3.04. The van der Waals surface area contributed by atoms with Gasteiger partial charge >= 0.3 is 0 Å². The van der Waals surface area contributed by atoms with Crippen LogP contribution in [0.5, 0.6) is 5.75 Å². The van der Waals surface area contributed by atoms with Gasteiger partial charge < -0.3 is 10.1 Å². The molecule has 1 amide bonds. The number of aromatic nitrogens is 2. The molecule has 122 valence electrons. The van der Waals surface area contributed by atoms with Crippen molar-refractivity contribution in [2.75, 3.05) is 12.4 Å². The third-order valence-electron chi connectivity index (χ3n) is 3.29. The van der Waals surface area contributed by atoms with Crippen LogP contribution in [0, 0.1) is 0 Å². The van der Waals surface area contributed by atoms with Crippen LogP contribution >= 0.6 is 22.9 Å². The lowest BCUT2D eigenvalue weighted by Gasteiger charge is -2.08. The van der Waals surface area contributed by atoms with Crippen molar-refractivity contribution in [2.24, 2.45) is 0 Å². The van der Waals surface area contributed by atoms with Crippen LogP contribution < -0.4 is 10.1 Å². The monoisotopic (exact) mass is 359 g/mol. The summed E-state index contributed by atoms with van der Waals surface area (Å²) < 4.78 is 5.25. The third kappa shape index (κ3) is 3.90. The first-order valence-corrected chi connectivity index (χ1v) is 8.36. The molecule has 0 atom stereocenters. The smallest absolute Gasteiger partial charge is 0.230 e. The average molecular weight is 360 g/mol. The topological polar surface area (TPSA) is 64.1 Å². The van der Waals surface area contributed by atoms with Crippen molar-refractivity contribution in [3.8, 4) is 16.3 Å². The highest BCUT2D eigenvalue weighted by Crippen LogP contribution is 2.27. The Morgan fingerprint density at radius 2 is 2.00 bits per heavy atom. The number of hydrogen-bond donors (Lipinski definition) is 1. The van der Waals surface area contributed by atoms with Gasteiger partial charge in [-0.25, -0.2) is 0 Å². The summed E-state index contributed by atoms with van der Waals surface area (Å²) in [7, 11) is 1.56. The predicted octanol–water partition coefficient (Wildman–Crippen LogP) is 4.05. The Kier molecular flexibility index (Phi) is 5.08. The van der Waals surface area contributed by atoms with Crippen LogP contribution in [0.2, 0.25) is 5.02 Å². The van der Waals surface area contributed by atoms with E-state index in [-0.39, 0.29) is 12.3 Å². The van der Waals surface area contributed by atoms with Gasteiger partial charge in [0.15, 0.2) is 0 Å². The lowest BCUT2D eigenvalue weighted by atomic mass is 10.1. The van der Waals surface area contributed by atoms with Gasteiger partial charge in [0.2, 0.25) is 11.0 Å². The summed E-state index contributed by atoms with van der Waals surface area (Å²) in [6.07, 6.45) is 0.143. The molecule has 0 aliphatic rings. The number of rotatable bonds is 5. The Labute approximate surface area is 148 Å². The summed E-state index contributed by atoms with van der Waals surface area (Å²) in [5.74, 6) is 0.420. The second kappa shape index (κ2) is 7.42. The van der Waals surface area contributed by atoms with Crippen LogP contribution in [0.4, 0.5) is 5.13 Å². The largest absolute Gasteiger partial charge is 0.496 e. The van der Waals surface area contributed by atoms with Gasteiger partial charge in [-0.2, -0.15) is 0 Å². The second-order valence-electron chi connectivity index (χ2n) is 4.96. The number of nitrogens with zero attached hydrogens (tertiary/aromatic N) is 2. The third-order valence-corrected chi connectivity index (χ3v) is 4.41. The van der Waals surface area contributed by atoms with Crippen LogP contribution in [0.3, 0.4) is 0 Å². The first kappa shape index (κ1) is 16.4. The van der Waals surface area contributed by atoms with Crippen molar-refractivity contribution >= 4 is 34.0 Å². The molecule has 0 saturated heterocycles. The van der Waals surface area contributed by atoms with Crippen LogP contribution in [0.25, 0.3) is 10.6 Å². The molecule has 1 aromatic heterocycles. The Balaban J connectivity index is 1.70. The van der Waals surface area contributed by atoms with Gasteiger partial charge in [0.25, 0.3) is 0 Å². The van der Waals surface area contributed by atoms with Crippen molar-refractivity contribution in [1.29, 1.82) is 0 Å². The summed E-state index contributed by atoms with van der Waals surface area (Å²) >= 11 is 7.31. The molecule has 5 nitrogen and oxygen atoms in total. The maximum absolute atomic E-state index is 12.2. The van der Waals surface area contributed by atoms with Gasteiger partial charge in [0.1, 0.15) is 10.8 Å². The number of halogens is 1. The number of nitrogens with one attached hydrogen (secondary N) is 1. The number of anilines is 1. The summed E-state index contributed by atoms with van der Waals surface area (Å²) in [4.78, 5) is 12.2. The molecule has 0 fully saturated rings. The van der Waals surface area contributed by atoms with E-state index in [1.165, 1.54) is 11.3 Å². The molecule has 0 aliphatic heterocycles. The highest BCUT2D eigenvalue weighted by atomic mass is 35.5. The minimum Gasteiger partial charge on any atom is -0.496 e. The second-order valence-corrected chi connectivity index (χ2v) is 6.37. The summed E-state index contributed by atoms with van der Waals surface area (Å²) in [5, 5.41) is 12.6. The van der Waals surface area contributed by atoms with E-state index in [0.717, 1.165) is 16.1 Å². The fraction of sp³-hybridized carbons (Fsp3) is 0.118. The Morgan fingerprint density at radius 3 is 2.75 bits per heavy atom. The molecular weight excluding hydrogens is 346 g/mol. The minimum absolute atomic E-state index is 0.143. The molecule has 3 rings (SSSR count). The van der Waals surface area contributed by atoms with E-state index in [1.54, 1.807) is 25.3 Å². The first-order chi connectivity index (χ1) is 11.7. The molecule has 0 unspecified atom stereocenters. The minimum atomic E-state index is -0.202. The summed E-state index contributed by atoms with van der Waals surface area (Å²) in [6.45, 7) is 0. The molecule has 0 radical (unpaired) electrons. The van der Waals surface area contributed by atoms with Gasteiger partial charge in [-0.15, -0.1) is 10.2 Å². The Morgan fingerprint density at radius 1 is 1.21 bits per heavy atom. The first-order valence-electron chi connectivity index (χ1n) is 7.17. The quantitative estimate of drug-likeness (QED) is 0.746. The number of carbonyl (C=O) groups is 1. The number of amides is 1. The SMILES string of the molecule is COc1ccc(Cl)cc1CC(=O)Nc1nnc(-c2ccccc2)s1. The summed E-state index contributed by atoms with van der Waals surface area (Å²) in [6, 6.07) is 14.9. The Hall–Kier alpha value is -2.44. The molecule has 3 aromatic rings. The maximum atomic E-state index is 12.2. The van der Waals surface area contributed by atoms with Crippen molar-refractivity contribution in [2.45, 2.75) is 6.42 Å². The van der Waals surface area contributed by atoms with Gasteiger partial charge in [-0.3, -0.25) is 4.79 Å². The van der Waals surface area contributed by atoms with Crippen LogP contribution in [-0.4, -0.2) is 23.2 Å². The number of ether oxygens (including phenoxy) is 1.